The summed E-state index contributed by atoms with van der Waals surface area (Å²) in [6.45, 7) is 1.15. The Balaban J connectivity index is 2.39. The third-order valence-electron chi connectivity index (χ3n) is 2.94. The van der Waals surface area contributed by atoms with E-state index in [4.69, 9.17) is 5.73 Å². The van der Waals surface area contributed by atoms with Crippen LogP contribution in [0.3, 0.4) is 0 Å². The maximum absolute atomic E-state index is 11.5. The van der Waals surface area contributed by atoms with E-state index in [0.29, 0.717) is 0 Å². The molecule has 0 saturated carbocycles. The van der Waals surface area contributed by atoms with Gasteiger partial charge in [-0.15, -0.1) is 0 Å². The lowest BCUT2D eigenvalue weighted by Crippen LogP contribution is -2.25. The molecule has 0 bridgehead atoms. The fourth-order valence-electron chi connectivity index (χ4n) is 2.05. The van der Waals surface area contributed by atoms with Crippen LogP contribution < -0.4 is 10.6 Å². The van der Waals surface area contributed by atoms with E-state index in [1.165, 1.54) is 17.7 Å². The van der Waals surface area contributed by atoms with Gasteiger partial charge in [0.2, 0.25) is 0 Å². The normalized spacial score (nSPS) is 14.9. The number of carbonyl (C=O) groups is 1. The molecule has 0 atom stereocenters. The van der Waals surface area contributed by atoms with E-state index < -0.39 is 0 Å². The molecule has 1 aromatic carbocycles. The first-order valence-corrected chi connectivity index (χ1v) is 5.29. The summed E-state index contributed by atoms with van der Waals surface area (Å²) < 4.78 is 0. The Morgan fingerprint density at radius 2 is 2.33 bits per heavy atom. The van der Waals surface area contributed by atoms with Crippen LogP contribution in [-0.2, 0) is 6.42 Å². The molecule has 2 rings (SSSR count). The summed E-state index contributed by atoms with van der Waals surface area (Å²) >= 11 is 0. The maximum Gasteiger partial charge on any atom is 0.176 e. The molecule has 1 heterocycles. The monoisotopic (exact) mass is 204 g/mol. The zero-order valence-electron chi connectivity index (χ0n) is 8.99. The molecule has 1 aliphatic heterocycles. The van der Waals surface area contributed by atoms with Crippen LogP contribution in [0.1, 0.15) is 22.3 Å². The van der Waals surface area contributed by atoms with Crippen molar-refractivity contribution in [3.05, 3.63) is 29.3 Å². The maximum atomic E-state index is 11.5. The van der Waals surface area contributed by atoms with E-state index >= 15 is 0 Å². The van der Waals surface area contributed by atoms with E-state index in [9.17, 15) is 4.79 Å². The van der Waals surface area contributed by atoms with Crippen LogP contribution in [0, 0.1) is 0 Å². The van der Waals surface area contributed by atoms with Gasteiger partial charge in [-0.25, -0.2) is 0 Å². The quantitative estimate of drug-likeness (QED) is 0.736. The zero-order chi connectivity index (χ0) is 10.8. The minimum atomic E-state index is 0.0109. The first kappa shape index (κ1) is 10.2. The molecule has 0 amide bonds. The summed E-state index contributed by atoms with van der Waals surface area (Å²) in [6, 6.07) is 5.89. The molecule has 1 aliphatic rings. The Kier molecular flexibility index (Phi) is 2.73. The molecule has 0 aliphatic carbocycles. The summed E-state index contributed by atoms with van der Waals surface area (Å²) in [5, 5.41) is 0. The van der Waals surface area contributed by atoms with Gasteiger partial charge < -0.3 is 10.6 Å². The summed E-state index contributed by atoms with van der Waals surface area (Å²) in [6.07, 6.45) is 2.30. The van der Waals surface area contributed by atoms with Gasteiger partial charge in [0.25, 0.3) is 0 Å². The SMILES string of the molecule is CN1CCCc2ccc(C(=O)CN)cc21. The van der Waals surface area contributed by atoms with Gasteiger partial charge in [-0.3, -0.25) is 4.79 Å². The summed E-state index contributed by atoms with van der Waals surface area (Å²) in [5.41, 5.74) is 8.59. The molecule has 3 heteroatoms. The number of anilines is 1. The van der Waals surface area contributed by atoms with Crippen molar-refractivity contribution in [2.24, 2.45) is 5.73 Å². The average Bonchev–Trinajstić information content (AvgIpc) is 2.28. The van der Waals surface area contributed by atoms with Gasteiger partial charge in [-0.05, 0) is 24.5 Å². The van der Waals surface area contributed by atoms with Gasteiger partial charge in [0.1, 0.15) is 0 Å². The van der Waals surface area contributed by atoms with Crippen molar-refractivity contribution in [2.75, 3.05) is 25.0 Å². The van der Waals surface area contributed by atoms with Gasteiger partial charge in [0.05, 0.1) is 6.54 Å². The fourth-order valence-corrected chi connectivity index (χ4v) is 2.05. The lowest BCUT2D eigenvalue weighted by atomic mass is 9.98. The summed E-state index contributed by atoms with van der Waals surface area (Å²) in [5.74, 6) is 0.0109. The van der Waals surface area contributed by atoms with E-state index in [-0.39, 0.29) is 12.3 Å². The third-order valence-corrected chi connectivity index (χ3v) is 2.94. The van der Waals surface area contributed by atoms with Crippen molar-refractivity contribution in [3.8, 4) is 0 Å². The highest BCUT2D eigenvalue weighted by Gasteiger charge is 2.15. The molecule has 1 aromatic rings. The van der Waals surface area contributed by atoms with Crippen molar-refractivity contribution in [3.63, 3.8) is 0 Å². The topological polar surface area (TPSA) is 46.3 Å². The van der Waals surface area contributed by atoms with Crippen molar-refractivity contribution >= 4 is 11.5 Å². The number of nitrogens with two attached hydrogens (primary N) is 1. The molecule has 2 N–H and O–H groups in total. The second-order valence-corrected chi connectivity index (χ2v) is 4.00. The lowest BCUT2D eigenvalue weighted by Gasteiger charge is -2.27. The predicted molar refractivity (Wildman–Crippen MR) is 61.4 cm³/mol. The number of nitrogens with zero attached hydrogens (tertiary/aromatic N) is 1. The molecule has 15 heavy (non-hydrogen) atoms. The van der Waals surface area contributed by atoms with Crippen molar-refractivity contribution < 1.29 is 4.79 Å². The summed E-state index contributed by atoms with van der Waals surface area (Å²) in [4.78, 5) is 13.7. The Labute approximate surface area is 89.9 Å². The minimum Gasteiger partial charge on any atom is -0.374 e. The highest BCUT2D eigenvalue weighted by atomic mass is 16.1. The highest BCUT2D eigenvalue weighted by molar-refractivity contribution is 5.98. The van der Waals surface area contributed by atoms with Gasteiger partial charge in [-0.2, -0.15) is 0 Å². The molecule has 0 unspecified atom stereocenters. The Morgan fingerprint density at radius 1 is 1.53 bits per heavy atom. The number of fused-ring (bicyclic) bond motifs is 1. The molecule has 0 aromatic heterocycles. The first-order chi connectivity index (χ1) is 7.22. The minimum absolute atomic E-state index is 0.0109. The van der Waals surface area contributed by atoms with Crippen LogP contribution in [0.5, 0.6) is 0 Å². The molecular formula is C12H16N2O. The highest BCUT2D eigenvalue weighted by Crippen LogP contribution is 2.26. The molecule has 0 radical (unpaired) electrons. The Morgan fingerprint density at radius 3 is 3.07 bits per heavy atom. The van der Waals surface area contributed by atoms with Crippen LogP contribution in [0.25, 0.3) is 0 Å². The van der Waals surface area contributed by atoms with Crippen molar-refractivity contribution in [1.29, 1.82) is 0 Å². The number of hydrogen-bond donors (Lipinski definition) is 1. The molecule has 80 valence electrons. The first-order valence-electron chi connectivity index (χ1n) is 5.29. The van der Waals surface area contributed by atoms with E-state index in [1.807, 2.05) is 18.2 Å². The predicted octanol–water partition coefficient (Wildman–Crippen LogP) is 1.21. The number of rotatable bonds is 2. The molecule has 0 spiro atoms. The van der Waals surface area contributed by atoms with Gasteiger partial charge in [-0.1, -0.05) is 12.1 Å². The Bertz CT molecular complexity index is 387. The van der Waals surface area contributed by atoms with Crippen LogP contribution in [0.15, 0.2) is 18.2 Å². The Hall–Kier alpha value is -1.35. The van der Waals surface area contributed by atoms with Crippen molar-refractivity contribution in [1.82, 2.24) is 0 Å². The number of Topliss-reactive ketones (excluding diaryl/α,β-unsaturated/α-hetero) is 1. The molecule has 0 fully saturated rings. The second-order valence-electron chi connectivity index (χ2n) is 4.00. The van der Waals surface area contributed by atoms with E-state index in [1.54, 1.807) is 0 Å². The molecular weight excluding hydrogens is 188 g/mol. The largest absolute Gasteiger partial charge is 0.374 e. The van der Waals surface area contributed by atoms with E-state index in [2.05, 4.69) is 11.9 Å². The molecule has 3 nitrogen and oxygen atoms in total. The zero-order valence-corrected chi connectivity index (χ0v) is 8.99. The smallest absolute Gasteiger partial charge is 0.176 e. The van der Waals surface area contributed by atoms with Gasteiger partial charge in [0.15, 0.2) is 5.78 Å². The van der Waals surface area contributed by atoms with Crippen molar-refractivity contribution in [2.45, 2.75) is 12.8 Å². The van der Waals surface area contributed by atoms with Gasteiger partial charge in [0, 0.05) is 24.8 Å². The van der Waals surface area contributed by atoms with Crippen LogP contribution in [0.2, 0.25) is 0 Å². The number of aryl methyl sites for hydroxylation is 1. The number of hydrogen-bond acceptors (Lipinski definition) is 3. The number of benzene rings is 1. The van der Waals surface area contributed by atoms with Gasteiger partial charge >= 0.3 is 0 Å². The van der Waals surface area contributed by atoms with Crippen LogP contribution >= 0.6 is 0 Å². The standard InChI is InChI=1S/C12H16N2O/c1-14-6-2-3-9-4-5-10(7-11(9)14)12(15)8-13/h4-5,7H,2-3,6,8,13H2,1H3. The fraction of sp³-hybridized carbons (Fsp3) is 0.417. The third kappa shape index (κ3) is 1.88. The van der Waals surface area contributed by atoms with E-state index in [0.717, 1.165) is 18.5 Å². The van der Waals surface area contributed by atoms with Crippen LogP contribution in [0.4, 0.5) is 5.69 Å². The lowest BCUT2D eigenvalue weighted by molar-refractivity contribution is 0.100. The number of carbonyl (C=O) groups excluding carboxylic acids is 1. The van der Waals surface area contributed by atoms with Crippen LogP contribution in [-0.4, -0.2) is 25.9 Å². The second kappa shape index (κ2) is 4.03. The molecule has 0 saturated heterocycles. The summed E-state index contributed by atoms with van der Waals surface area (Å²) in [7, 11) is 2.06. The average molecular weight is 204 g/mol. The number of ketones is 1.